The van der Waals surface area contributed by atoms with E-state index in [-0.39, 0.29) is 23.8 Å². The molecule has 0 saturated carbocycles. The molecular weight excluding hydrogens is 496 g/mol. The first-order chi connectivity index (χ1) is 16.3. The largest absolute Gasteiger partial charge is 0.354 e. The molecule has 1 N–H and O–H groups in total. The van der Waals surface area contributed by atoms with Crippen molar-refractivity contribution >= 4 is 44.8 Å². The van der Waals surface area contributed by atoms with Crippen molar-refractivity contribution < 1.29 is 22.9 Å². The van der Waals surface area contributed by atoms with Gasteiger partial charge < -0.3 is 10.2 Å². The number of rotatable bonds is 11. The topological polar surface area (TPSA) is 130 Å². The summed E-state index contributed by atoms with van der Waals surface area (Å²) in [7, 11) is -4.00. The first kappa shape index (κ1) is 28.1. The van der Waals surface area contributed by atoms with Crippen molar-refractivity contribution in [3.05, 3.63) is 68.7 Å². The molecule has 0 aliphatic heterocycles. The number of nitro benzene ring substituents is 1. The number of nitrogens with one attached hydrogen (secondary N) is 1. The Bertz CT molecular complexity index is 1190. The SMILES string of the molecule is CCCNC(=O)[C@@H](C)N(Cc1ccc(Cl)cc1)C(=O)CN(c1cc([N+](=O)[O-])ccc1C)S(C)(=O)=O. The van der Waals surface area contributed by atoms with Gasteiger partial charge in [0.05, 0.1) is 16.9 Å². The van der Waals surface area contributed by atoms with Gasteiger partial charge in [0.2, 0.25) is 21.8 Å². The first-order valence-electron chi connectivity index (χ1n) is 10.9. The van der Waals surface area contributed by atoms with Crippen molar-refractivity contribution in [1.82, 2.24) is 10.2 Å². The maximum Gasteiger partial charge on any atom is 0.271 e. The summed E-state index contributed by atoms with van der Waals surface area (Å²) in [6.07, 6.45) is 1.62. The van der Waals surface area contributed by atoms with Gasteiger partial charge in [-0.1, -0.05) is 36.7 Å². The first-order valence-corrected chi connectivity index (χ1v) is 13.1. The third-order valence-electron chi connectivity index (χ3n) is 5.33. The molecule has 35 heavy (non-hydrogen) atoms. The quantitative estimate of drug-likeness (QED) is 0.354. The number of non-ortho nitro benzene ring substituents is 1. The number of carbonyl (C=O) groups is 2. The molecule has 0 fully saturated rings. The number of nitrogens with zero attached hydrogens (tertiary/aromatic N) is 3. The third-order valence-corrected chi connectivity index (χ3v) is 6.71. The summed E-state index contributed by atoms with van der Waals surface area (Å²) in [5, 5.41) is 14.5. The lowest BCUT2D eigenvalue weighted by Gasteiger charge is -2.31. The molecule has 0 heterocycles. The normalized spacial score (nSPS) is 12.0. The predicted octanol–water partition coefficient (Wildman–Crippen LogP) is 3.27. The predicted molar refractivity (Wildman–Crippen MR) is 135 cm³/mol. The van der Waals surface area contributed by atoms with E-state index in [1.165, 1.54) is 17.0 Å². The van der Waals surface area contributed by atoms with Crippen molar-refractivity contribution in [3.63, 3.8) is 0 Å². The van der Waals surface area contributed by atoms with Gasteiger partial charge in [-0.2, -0.15) is 0 Å². The average Bonchev–Trinajstić information content (AvgIpc) is 2.79. The maximum atomic E-state index is 13.5. The van der Waals surface area contributed by atoms with E-state index >= 15 is 0 Å². The van der Waals surface area contributed by atoms with E-state index in [0.717, 1.165) is 16.6 Å². The van der Waals surface area contributed by atoms with Crippen molar-refractivity contribution in [1.29, 1.82) is 0 Å². The highest BCUT2D eigenvalue weighted by Crippen LogP contribution is 2.28. The molecule has 190 valence electrons. The van der Waals surface area contributed by atoms with Crippen LogP contribution >= 0.6 is 11.6 Å². The Morgan fingerprint density at radius 1 is 1.17 bits per heavy atom. The minimum Gasteiger partial charge on any atom is -0.354 e. The van der Waals surface area contributed by atoms with Crippen LogP contribution in [0.15, 0.2) is 42.5 Å². The van der Waals surface area contributed by atoms with Crippen LogP contribution in [0, 0.1) is 17.0 Å². The molecule has 2 amide bonds. The number of benzene rings is 2. The summed E-state index contributed by atoms with van der Waals surface area (Å²) in [4.78, 5) is 38.0. The minimum absolute atomic E-state index is 0.0181. The van der Waals surface area contributed by atoms with Crippen LogP contribution in [0.5, 0.6) is 0 Å². The lowest BCUT2D eigenvalue weighted by atomic mass is 10.1. The molecule has 10 nitrogen and oxygen atoms in total. The fourth-order valence-electron chi connectivity index (χ4n) is 3.34. The molecule has 0 saturated heterocycles. The monoisotopic (exact) mass is 524 g/mol. The summed E-state index contributed by atoms with van der Waals surface area (Å²) in [6, 6.07) is 9.60. The van der Waals surface area contributed by atoms with Crippen LogP contribution in [-0.2, 0) is 26.2 Å². The molecule has 0 bridgehead atoms. The lowest BCUT2D eigenvalue weighted by molar-refractivity contribution is -0.384. The van der Waals surface area contributed by atoms with Crippen LogP contribution in [0.4, 0.5) is 11.4 Å². The number of hydrogen-bond donors (Lipinski definition) is 1. The van der Waals surface area contributed by atoms with Crippen molar-refractivity contribution in [2.45, 2.75) is 39.8 Å². The van der Waals surface area contributed by atoms with E-state index in [1.54, 1.807) is 38.1 Å². The molecule has 12 heteroatoms. The molecule has 2 aromatic rings. The maximum absolute atomic E-state index is 13.5. The molecule has 0 aliphatic rings. The molecule has 0 radical (unpaired) electrons. The molecule has 0 aromatic heterocycles. The zero-order chi connectivity index (χ0) is 26.3. The molecule has 0 aliphatic carbocycles. The third kappa shape index (κ3) is 7.66. The smallest absolute Gasteiger partial charge is 0.271 e. The highest BCUT2D eigenvalue weighted by atomic mass is 35.5. The average molecular weight is 525 g/mol. The van der Waals surface area contributed by atoms with Crippen LogP contribution in [0.3, 0.4) is 0 Å². The number of nitro groups is 1. The molecule has 2 aromatic carbocycles. The van der Waals surface area contributed by atoms with Gasteiger partial charge >= 0.3 is 0 Å². The summed E-state index contributed by atoms with van der Waals surface area (Å²) in [6.45, 7) is 4.86. The van der Waals surface area contributed by atoms with E-state index in [2.05, 4.69) is 5.32 Å². The zero-order valence-electron chi connectivity index (χ0n) is 20.0. The van der Waals surface area contributed by atoms with Crippen molar-refractivity contribution in [2.24, 2.45) is 0 Å². The fourth-order valence-corrected chi connectivity index (χ4v) is 4.36. The standard InChI is InChI=1S/C23H29ClN4O6S/c1-5-12-25-23(30)17(3)26(14-18-7-9-19(24)10-8-18)22(29)15-27(35(4,33)34)21-13-20(28(31)32)11-6-16(21)2/h6-11,13,17H,5,12,14-15H2,1-4H3,(H,25,30)/t17-/m1/s1. The zero-order valence-corrected chi connectivity index (χ0v) is 21.6. The van der Waals surface area contributed by atoms with Crippen LogP contribution < -0.4 is 9.62 Å². The number of anilines is 1. The number of halogens is 1. The fraction of sp³-hybridized carbons (Fsp3) is 0.391. The van der Waals surface area contributed by atoms with Crippen molar-refractivity contribution in [3.8, 4) is 0 Å². The molecular formula is C23H29ClN4O6S. The van der Waals surface area contributed by atoms with Gasteiger partial charge in [-0.3, -0.25) is 24.0 Å². The Kier molecular flexibility index (Phi) is 9.61. The Labute approximate surface area is 210 Å². The van der Waals surface area contributed by atoms with E-state index in [4.69, 9.17) is 11.6 Å². The van der Waals surface area contributed by atoms with E-state index in [1.807, 2.05) is 6.92 Å². The van der Waals surface area contributed by atoms with Gasteiger partial charge in [-0.05, 0) is 43.5 Å². The summed E-state index contributed by atoms with van der Waals surface area (Å²) in [5.41, 5.74) is 0.837. The molecule has 0 spiro atoms. The van der Waals surface area contributed by atoms with Gasteiger partial charge in [-0.15, -0.1) is 0 Å². The molecule has 2 rings (SSSR count). The van der Waals surface area contributed by atoms with Gasteiger partial charge in [0.1, 0.15) is 12.6 Å². The Balaban J connectivity index is 2.45. The lowest BCUT2D eigenvalue weighted by Crippen LogP contribution is -2.51. The number of hydrogen-bond acceptors (Lipinski definition) is 6. The van der Waals surface area contributed by atoms with Crippen LogP contribution in [0.25, 0.3) is 0 Å². The Hall–Kier alpha value is -3.18. The van der Waals surface area contributed by atoms with Gasteiger partial charge in [0.15, 0.2) is 0 Å². The van der Waals surface area contributed by atoms with Gasteiger partial charge in [0.25, 0.3) is 5.69 Å². The van der Waals surface area contributed by atoms with Crippen LogP contribution in [-0.4, -0.2) is 55.4 Å². The summed E-state index contributed by atoms with van der Waals surface area (Å²) >= 11 is 5.95. The minimum atomic E-state index is -4.00. The van der Waals surface area contributed by atoms with Gasteiger partial charge in [0, 0.05) is 30.2 Å². The van der Waals surface area contributed by atoms with E-state index < -0.39 is 33.4 Å². The number of sulfonamides is 1. The highest BCUT2D eigenvalue weighted by Gasteiger charge is 2.31. The van der Waals surface area contributed by atoms with Crippen molar-refractivity contribution in [2.75, 3.05) is 23.7 Å². The van der Waals surface area contributed by atoms with Gasteiger partial charge in [-0.25, -0.2) is 8.42 Å². The highest BCUT2D eigenvalue weighted by molar-refractivity contribution is 7.92. The second kappa shape index (κ2) is 12.0. The second-order valence-corrected chi connectivity index (χ2v) is 10.5. The van der Waals surface area contributed by atoms with Crippen LogP contribution in [0.1, 0.15) is 31.4 Å². The van der Waals surface area contributed by atoms with Crippen LogP contribution in [0.2, 0.25) is 5.02 Å². The number of aryl methyl sites for hydroxylation is 1. The summed E-state index contributed by atoms with van der Waals surface area (Å²) < 4.78 is 26.1. The molecule has 1 atom stereocenters. The summed E-state index contributed by atoms with van der Waals surface area (Å²) in [5.74, 6) is -1.03. The number of carbonyl (C=O) groups excluding carboxylic acids is 2. The second-order valence-electron chi connectivity index (χ2n) is 8.11. The molecule has 0 unspecified atom stereocenters. The number of amides is 2. The van der Waals surface area contributed by atoms with E-state index in [0.29, 0.717) is 29.1 Å². The van der Waals surface area contributed by atoms with E-state index in [9.17, 15) is 28.1 Å². The Morgan fingerprint density at radius 2 is 1.80 bits per heavy atom. The Morgan fingerprint density at radius 3 is 2.34 bits per heavy atom.